The number of nitrogens with one attached hydrogen (secondary N) is 1. The molecule has 3 aromatic rings. The Bertz CT molecular complexity index is 1210. The van der Waals surface area contributed by atoms with Gasteiger partial charge >= 0.3 is 0 Å². The van der Waals surface area contributed by atoms with Gasteiger partial charge in [0.25, 0.3) is 5.91 Å². The number of rotatable bonds is 7. The molecule has 0 atom stereocenters. The molecule has 1 amide bonds. The Morgan fingerprint density at radius 1 is 1.09 bits per heavy atom. The van der Waals surface area contributed by atoms with Gasteiger partial charge in [-0.3, -0.25) is 4.79 Å². The molecule has 0 aliphatic carbocycles. The van der Waals surface area contributed by atoms with Crippen LogP contribution < -0.4 is 14.8 Å². The zero-order valence-electron chi connectivity index (χ0n) is 18.1. The van der Waals surface area contributed by atoms with Crippen molar-refractivity contribution in [2.24, 2.45) is 0 Å². The van der Waals surface area contributed by atoms with E-state index in [0.717, 1.165) is 16.7 Å². The number of anilines is 1. The van der Waals surface area contributed by atoms with Gasteiger partial charge in [-0.05, 0) is 60.9 Å². The maximum absolute atomic E-state index is 12.6. The van der Waals surface area contributed by atoms with Crippen LogP contribution in [0.25, 0.3) is 6.08 Å². The minimum atomic E-state index is -0.517. The monoisotopic (exact) mass is 446 g/mol. The minimum Gasteiger partial charge on any atom is -0.493 e. The molecule has 0 bridgehead atoms. The first kappa shape index (κ1) is 22.9. The van der Waals surface area contributed by atoms with Crippen LogP contribution in [-0.4, -0.2) is 13.0 Å². The summed E-state index contributed by atoms with van der Waals surface area (Å²) in [6, 6.07) is 20.5. The minimum absolute atomic E-state index is 0.0418. The molecule has 0 heterocycles. The average molecular weight is 447 g/mol. The lowest BCUT2D eigenvalue weighted by molar-refractivity contribution is -0.112. The number of carbonyl (C=O) groups is 1. The van der Waals surface area contributed by atoms with Crippen LogP contribution in [0.4, 0.5) is 5.69 Å². The Balaban J connectivity index is 1.77. The van der Waals surface area contributed by atoms with Gasteiger partial charge in [0.05, 0.1) is 7.11 Å². The molecule has 6 heteroatoms. The number of methoxy groups -OCH3 is 1. The summed E-state index contributed by atoms with van der Waals surface area (Å²) in [6.45, 7) is 4.23. The molecule has 0 unspecified atom stereocenters. The van der Waals surface area contributed by atoms with Gasteiger partial charge in [0.15, 0.2) is 11.5 Å². The molecule has 0 radical (unpaired) electrons. The first-order valence-electron chi connectivity index (χ1n) is 9.96. The van der Waals surface area contributed by atoms with Crippen LogP contribution in [-0.2, 0) is 11.4 Å². The smallest absolute Gasteiger partial charge is 0.266 e. The van der Waals surface area contributed by atoms with Crippen molar-refractivity contribution in [3.8, 4) is 17.6 Å². The third-order valence-corrected chi connectivity index (χ3v) is 5.27. The third-order valence-electron chi connectivity index (χ3n) is 4.86. The molecule has 1 N–H and O–H groups in total. The van der Waals surface area contributed by atoms with Crippen molar-refractivity contribution in [2.75, 3.05) is 12.4 Å². The molecule has 0 aromatic heterocycles. The summed E-state index contributed by atoms with van der Waals surface area (Å²) in [5.41, 5.74) is 4.10. The van der Waals surface area contributed by atoms with Crippen molar-refractivity contribution >= 4 is 29.3 Å². The highest BCUT2D eigenvalue weighted by atomic mass is 35.5. The summed E-state index contributed by atoms with van der Waals surface area (Å²) in [4.78, 5) is 12.6. The van der Waals surface area contributed by atoms with E-state index in [1.165, 1.54) is 6.08 Å². The van der Waals surface area contributed by atoms with Crippen LogP contribution in [0, 0.1) is 25.2 Å². The number of amides is 1. The van der Waals surface area contributed by atoms with Crippen molar-refractivity contribution in [2.45, 2.75) is 20.5 Å². The first-order chi connectivity index (χ1) is 15.4. The van der Waals surface area contributed by atoms with Crippen molar-refractivity contribution in [1.82, 2.24) is 0 Å². The number of nitriles is 1. The summed E-state index contributed by atoms with van der Waals surface area (Å²) in [6.07, 6.45) is 1.50. The SMILES string of the molecule is COc1cc(/C=C(\C#N)C(=O)Nc2cccc(Cl)c2C)ccc1OCc1cccc(C)c1. The van der Waals surface area contributed by atoms with E-state index >= 15 is 0 Å². The maximum atomic E-state index is 12.6. The van der Waals surface area contributed by atoms with Crippen LogP contribution >= 0.6 is 11.6 Å². The number of hydrogen-bond donors (Lipinski definition) is 1. The molecule has 0 saturated carbocycles. The third kappa shape index (κ3) is 5.69. The molecule has 0 aliphatic rings. The standard InChI is InChI=1S/C26H23ClN2O3/c1-17-6-4-7-20(12-17)16-32-24-11-10-19(14-25(24)31-3)13-21(15-28)26(30)29-23-9-5-8-22(27)18(23)2/h4-14H,16H2,1-3H3,(H,29,30)/b21-13+. The van der Waals surface area contributed by atoms with Crippen molar-refractivity contribution in [3.63, 3.8) is 0 Å². The van der Waals surface area contributed by atoms with E-state index < -0.39 is 5.91 Å². The highest BCUT2D eigenvalue weighted by molar-refractivity contribution is 6.31. The van der Waals surface area contributed by atoms with E-state index in [-0.39, 0.29) is 5.57 Å². The Morgan fingerprint density at radius 3 is 2.59 bits per heavy atom. The molecule has 162 valence electrons. The lowest BCUT2D eigenvalue weighted by Gasteiger charge is -2.12. The van der Waals surface area contributed by atoms with E-state index in [0.29, 0.717) is 34.4 Å². The van der Waals surface area contributed by atoms with Gasteiger partial charge in [0, 0.05) is 10.7 Å². The molecule has 0 fully saturated rings. The topological polar surface area (TPSA) is 71.3 Å². The van der Waals surface area contributed by atoms with Crippen LogP contribution in [0.1, 0.15) is 22.3 Å². The van der Waals surface area contributed by atoms with E-state index in [1.807, 2.05) is 31.2 Å². The number of halogens is 1. The quantitative estimate of drug-likeness (QED) is 0.352. The maximum Gasteiger partial charge on any atom is 0.266 e. The van der Waals surface area contributed by atoms with Crippen LogP contribution in [0.3, 0.4) is 0 Å². The largest absolute Gasteiger partial charge is 0.493 e. The highest BCUT2D eigenvalue weighted by Gasteiger charge is 2.13. The van der Waals surface area contributed by atoms with Crippen molar-refractivity contribution in [1.29, 1.82) is 5.26 Å². The summed E-state index contributed by atoms with van der Waals surface area (Å²) in [5, 5.41) is 12.8. The molecule has 3 rings (SSSR count). The molecular weight excluding hydrogens is 424 g/mol. The van der Waals surface area contributed by atoms with E-state index in [4.69, 9.17) is 21.1 Å². The summed E-state index contributed by atoms with van der Waals surface area (Å²) >= 11 is 6.10. The number of hydrogen-bond acceptors (Lipinski definition) is 4. The Labute approximate surface area is 192 Å². The fourth-order valence-electron chi connectivity index (χ4n) is 3.10. The summed E-state index contributed by atoms with van der Waals surface area (Å²) in [7, 11) is 1.54. The van der Waals surface area contributed by atoms with Gasteiger partial charge in [-0.15, -0.1) is 0 Å². The van der Waals surface area contributed by atoms with Gasteiger partial charge in [0.1, 0.15) is 18.2 Å². The second kappa shape index (κ2) is 10.5. The lowest BCUT2D eigenvalue weighted by atomic mass is 10.1. The van der Waals surface area contributed by atoms with Crippen molar-refractivity contribution in [3.05, 3.63) is 93.5 Å². The molecule has 32 heavy (non-hydrogen) atoms. The molecule has 0 saturated heterocycles. The number of nitrogens with zero attached hydrogens (tertiary/aromatic N) is 1. The summed E-state index contributed by atoms with van der Waals surface area (Å²) < 4.78 is 11.3. The zero-order chi connectivity index (χ0) is 23.1. The number of carbonyl (C=O) groups excluding carboxylic acids is 1. The van der Waals surface area contributed by atoms with Gasteiger partial charge in [-0.25, -0.2) is 0 Å². The molecule has 3 aromatic carbocycles. The highest BCUT2D eigenvalue weighted by Crippen LogP contribution is 2.30. The zero-order valence-corrected chi connectivity index (χ0v) is 18.9. The number of benzene rings is 3. The second-order valence-corrected chi connectivity index (χ2v) is 7.63. The van der Waals surface area contributed by atoms with Gasteiger partial charge in [-0.1, -0.05) is 53.6 Å². The fraction of sp³-hybridized carbons (Fsp3) is 0.154. The Morgan fingerprint density at radius 2 is 1.88 bits per heavy atom. The average Bonchev–Trinajstić information content (AvgIpc) is 2.79. The predicted octanol–water partition coefficient (Wildman–Crippen LogP) is 6.09. The first-order valence-corrected chi connectivity index (χ1v) is 10.3. The second-order valence-electron chi connectivity index (χ2n) is 7.22. The van der Waals surface area contributed by atoms with Gasteiger partial charge < -0.3 is 14.8 Å². The Kier molecular flexibility index (Phi) is 7.54. The van der Waals surface area contributed by atoms with Gasteiger partial charge in [-0.2, -0.15) is 5.26 Å². The Hall–Kier alpha value is -3.75. The lowest BCUT2D eigenvalue weighted by Crippen LogP contribution is -2.14. The van der Waals surface area contributed by atoms with Crippen LogP contribution in [0.15, 0.2) is 66.2 Å². The molecule has 5 nitrogen and oxygen atoms in total. The molecular formula is C26H23ClN2O3. The molecule has 0 aliphatic heterocycles. The van der Waals surface area contributed by atoms with E-state index in [9.17, 15) is 10.1 Å². The number of aryl methyl sites for hydroxylation is 1. The van der Waals surface area contributed by atoms with Gasteiger partial charge in [0.2, 0.25) is 0 Å². The van der Waals surface area contributed by atoms with Crippen LogP contribution in [0.2, 0.25) is 5.02 Å². The molecule has 0 spiro atoms. The van der Waals surface area contributed by atoms with Crippen molar-refractivity contribution < 1.29 is 14.3 Å². The normalized spacial score (nSPS) is 10.9. The van der Waals surface area contributed by atoms with E-state index in [2.05, 4.69) is 11.4 Å². The van der Waals surface area contributed by atoms with Crippen LogP contribution in [0.5, 0.6) is 11.5 Å². The fourth-order valence-corrected chi connectivity index (χ4v) is 3.28. The number of ether oxygens (including phenoxy) is 2. The summed E-state index contributed by atoms with van der Waals surface area (Å²) in [5.74, 6) is 0.565. The predicted molar refractivity (Wildman–Crippen MR) is 127 cm³/mol. The van der Waals surface area contributed by atoms with E-state index in [1.54, 1.807) is 50.4 Å².